The fraction of sp³-hybridized carbons (Fsp3) is 0.800. The fourth-order valence-corrected chi connectivity index (χ4v) is 7.16. The Balaban J connectivity index is 1.69. The van der Waals surface area contributed by atoms with E-state index in [1.165, 1.54) is 5.57 Å². The first kappa shape index (κ1) is 15.6. The SMILES string of the molecule is CC(=O)[C@@H]1[C@H](O)C[C@H]2[C@H]3CCC4=CC(=O)C[C@@]4(C)[C@@H]3CC[C@]12C. The predicted molar refractivity (Wildman–Crippen MR) is 87.7 cm³/mol. The first-order chi connectivity index (χ1) is 10.8. The molecular formula is C20H28O3. The van der Waals surface area contributed by atoms with Crippen molar-refractivity contribution in [3.8, 4) is 0 Å². The largest absolute Gasteiger partial charge is 0.392 e. The fourth-order valence-electron chi connectivity index (χ4n) is 7.16. The van der Waals surface area contributed by atoms with Crippen molar-refractivity contribution in [1.29, 1.82) is 0 Å². The molecule has 4 rings (SSSR count). The van der Waals surface area contributed by atoms with E-state index in [4.69, 9.17) is 0 Å². The summed E-state index contributed by atoms with van der Waals surface area (Å²) in [5.74, 6) is 1.79. The molecule has 0 radical (unpaired) electrons. The molecule has 0 spiro atoms. The van der Waals surface area contributed by atoms with Crippen molar-refractivity contribution in [2.24, 2.45) is 34.5 Å². The minimum absolute atomic E-state index is 0.0423. The maximum absolute atomic E-state index is 12.2. The van der Waals surface area contributed by atoms with Gasteiger partial charge < -0.3 is 5.11 Å². The van der Waals surface area contributed by atoms with Crippen LogP contribution in [0.4, 0.5) is 0 Å². The Labute approximate surface area is 138 Å². The van der Waals surface area contributed by atoms with Gasteiger partial charge in [-0.1, -0.05) is 19.4 Å². The Bertz CT molecular complexity index is 606. The number of rotatable bonds is 1. The first-order valence-corrected chi connectivity index (χ1v) is 9.20. The van der Waals surface area contributed by atoms with Crippen molar-refractivity contribution < 1.29 is 14.7 Å². The quantitative estimate of drug-likeness (QED) is 0.807. The molecule has 0 bridgehead atoms. The highest BCUT2D eigenvalue weighted by atomic mass is 16.3. The highest BCUT2D eigenvalue weighted by Crippen LogP contribution is 2.66. The van der Waals surface area contributed by atoms with Crippen molar-refractivity contribution in [2.45, 2.75) is 65.4 Å². The van der Waals surface area contributed by atoms with Crippen LogP contribution in [0.5, 0.6) is 0 Å². The van der Waals surface area contributed by atoms with Gasteiger partial charge in [0.25, 0.3) is 0 Å². The van der Waals surface area contributed by atoms with E-state index in [2.05, 4.69) is 13.8 Å². The van der Waals surface area contributed by atoms with Crippen LogP contribution in [-0.2, 0) is 9.59 Å². The van der Waals surface area contributed by atoms with Gasteiger partial charge in [0.15, 0.2) is 5.78 Å². The molecule has 4 aliphatic carbocycles. The second-order valence-electron chi connectivity index (χ2n) is 9.08. The van der Waals surface area contributed by atoms with E-state index < -0.39 is 6.10 Å². The lowest BCUT2D eigenvalue weighted by molar-refractivity contribution is -0.130. The molecule has 3 saturated carbocycles. The average molecular weight is 316 g/mol. The van der Waals surface area contributed by atoms with E-state index >= 15 is 0 Å². The van der Waals surface area contributed by atoms with Crippen LogP contribution >= 0.6 is 0 Å². The molecular weight excluding hydrogens is 288 g/mol. The molecule has 4 aliphatic rings. The number of allylic oxidation sites excluding steroid dienone is 2. The van der Waals surface area contributed by atoms with Gasteiger partial charge in [0, 0.05) is 12.3 Å². The van der Waals surface area contributed by atoms with Gasteiger partial charge >= 0.3 is 0 Å². The van der Waals surface area contributed by atoms with Crippen LogP contribution in [0.3, 0.4) is 0 Å². The number of Topliss-reactive ketones (excluding diaryl/α,β-unsaturated/α-hetero) is 1. The summed E-state index contributed by atoms with van der Waals surface area (Å²) < 4.78 is 0. The summed E-state index contributed by atoms with van der Waals surface area (Å²) in [5, 5.41) is 10.6. The molecule has 1 N–H and O–H groups in total. The molecule has 3 heteroatoms. The van der Waals surface area contributed by atoms with Gasteiger partial charge in [-0.3, -0.25) is 9.59 Å². The molecule has 126 valence electrons. The third-order valence-corrected chi connectivity index (χ3v) is 8.08. The van der Waals surface area contributed by atoms with Gasteiger partial charge in [-0.25, -0.2) is 0 Å². The summed E-state index contributed by atoms with van der Waals surface area (Å²) in [6, 6.07) is 0. The number of fused-ring (bicyclic) bond motifs is 5. The lowest BCUT2D eigenvalue weighted by Gasteiger charge is -2.56. The minimum Gasteiger partial charge on any atom is -0.392 e. The smallest absolute Gasteiger partial charge is 0.156 e. The average Bonchev–Trinajstić information content (AvgIpc) is 2.89. The molecule has 23 heavy (non-hydrogen) atoms. The second-order valence-corrected chi connectivity index (χ2v) is 9.08. The van der Waals surface area contributed by atoms with Crippen molar-refractivity contribution in [1.82, 2.24) is 0 Å². The number of hydrogen-bond donors (Lipinski definition) is 1. The van der Waals surface area contributed by atoms with E-state index in [1.807, 2.05) is 6.08 Å². The van der Waals surface area contributed by atoms with Crippen molar-refractivity contribution >= 4 is 11.6 Å². The van der Waals surface area contributed by atoms with Crippen LogP contribution in [-0.4, -0.2) is 22.8 Å². The Hall–Kier alpha value is -0.960. The van der Waals surface area contributed by atoms with E-state index in [0.717, 1.165) is 32.1 Å². The third kappa shape index (κ3) is 1.92. The molecule has 3 nitrogen and oxygen atoms in total. The zero-order chi connectivity index (χ0) is 16.6. The molecule has 3 fully saturated rings. The van der Waals surface area contributed by atoms with E-state index in [9.17, 15) is 14.7 Å². The van der Waals surface area contributed by atoms with Gasteiger partial charge in [0.05, 0.1) is 6.10 Å². The Kier molecular flexibility index (Phi) is 3.23. The molecule has 0 unspecified atom stereocenters. The maximum atomic E-state index is 12.2. The van der Waals surface area contributed by atoms with Gasteiger partial charge in [0.1, 0.15) is 5.78 Å². The number of ketones is 2. The van der Waals surface area contributed by atoms with Crippen molar-refractivity contribution in [3.05, 3.63) is 11.6 Å². The standard InChI is InChI=1S/C20H28O3/c1-11(21)18-17(23)9-16-14-5-4-12-8-13(22)10-20(12,3)15(14)6-7-19(16,18)2/h8,14-18,23H,4-7,9-10H2,1-3H3/t14-,15+,16-,17+,18+,19-,20+/m0/s1. The molecule has 0 saturated heterocycles. The van der Waals surface area contributed by atoms with Crippen LogP contribution in [0.2, 0.25) is 0 Å². The lowest BCUT2D eigenvalue weighted by Crippen LogP contribution is -2.49. The van der Waals surface area contributed by atoms with Gasteiger partial charge in [-0.2, -0.15) is 0 Å². The summed E-state index contributed by atoms with van der Waals surface area (Å²) in [5.41, 5.74) is 1.36. The van der Waals surface area contributed by atoms with E-state index in [0.29, 0.717) is 30.0 Å². The molecule has 7 atom stereocenters. The van der Waals surface area contributed by atoms with Gasteiger partial charge in [-0.15, -0.1) is 0 Å². The lowest BCUT2D eigenvalue weighted by atomic mass is 9.48. The summed E-state index contributed by atoms with van der Waals surface area (Å²) in [4.78, 5) is 24.2. The maximum Gasteiger partial charge on any atom is 0.156 e. The van der Waals surface area contributed by atoms with E-state index in [1.54, 1.807) is 6.92 Å². The monoisotopic (exact) mass is 316 g/mol. The van der Waals surface area contributed by atoms with Crippen LogP contribution < -0.4 is 0 Å². The molecule has 0 amide bonds. The number of hydrogen-bond acceptors (Lipinski definition) is 3. The third-order valence-electron chi connectivity index (χ3n) is 8.08. The molecule has 0 aromatic heterocycles. The first-order valence-electron chi connectivity index (χ1n) is 9.20. The molecule has 0 aliphatic heterocycles. The topological polar surface area (TPSA) is 54.4 Å². The zero-order valence-electron chi connectivity index (χ0n) is 14.5. The highest BCUT2D eigenvalue weighted by molar-refractivity contribution is 5.94. The Morgan fingerprint density at radius 3 is 2.70 bits per heavy atom. The summed E-state index contributed by atoms with van der Waals surface area (Å²) in [7, 11) is 0. The number of aliphatic hydroxyl groups is 1. The van der Waals surface area contributed by atoms with Gasteiger partial charge in [0.2, 0.25) is 0 Å². The normalized spacial score (nSPS) is 51.7. The predicted octanol–water partition coefficient (Wildman–Crippen LogP) is 3.30. The van der Waals surface area contributed by atoms with Crippen LogP contribution in [0.25, 0.3) is 0 Å². The second kappa shape index (κ2) is 4.78. The molecule has 0 heterocycles. The van der Waals surface area contributed by atoms with Crippen molar-refractivity contribution in [3.63, 3.8) is 0 Å². The van der Waals surface area contributed by atoms with E-state index in [-0.39, 0.29) is 22.5 Å². The zero-order valence-corrected chi connectivity index (χ0v) is 14.5. The molecule has 0 aromatic rings. The summed E-state index contributed by atoms with van der Waals surface area (Å²) >= 11 is 0. The minimum atomic E-state index is -0.476. The number of carbonyl (C=O) groups is 2. The number of carbonyl (C=O) groups excluding carboxylic acids is 2. The van der Waals surface area contributed by atoms with Crippen molar-refractivity contribution in [2.75, 3.05) is 0 Å². The van der Waals surface area contributed by atoms with Crippen LogP contribution in [0.15, 0.2) is 11.6 Å². The highest BCUT2D eigenvalue weighted by Gasteiger charge is 2.62. The van der Waals surface area contributed by atoms with Gasteiger partial charge in [-0.05, 0) is 73.7 Å². The summed E-state index contributed by atoms with van der Waals surface area (Å²) in [6.45, 7) is 6.17. The summed E-state index contributed by atoms with van der Waals surface area (Å²) in [6.07, 6.45) is 7.12. The Morgan fingerprint density at radius 1 is 1.26 bits per heavy atom. The van der Waals surface area contributed by atoms with Crippen LogP contribution in [0, 0.1) is 34.5 Å². The Morgan fingerprint density at radius 2 is 2.00 bits per heavy atom. The number of aliphatic hydroxyl groups excluding tert-OH is 1. The molecule has 0 aromatic carbocycles. The van der Waals surface area contributed by atoms with Crippen LogP contribution in [0.1, 0.15) is 59.3 Å².